The third-order valence-corrected chi connectivity index (χ3v) is 4.52. The van der Waals surface area contributed by atoms with Gasteiger partial charge in [0.2, 0.25) is 0 Å². The minimum absolute atomic E-state index is 0.163. The molecule has 1 saturated heterocycles. The molecule has 1 aliphatic carbocycles. The summed E-state index contributed by atoms with van der Waals surface area (Å²) in [5.41, 5.74) is 0.965. The number of nitrogens with zero attached hydrogens (tertiary/aromatic N) is 1. The molecule has 0 bridgehead atoms. The average molecular weight is 283 g/mol. The molecule has 2 atom stereocenters. The Kier molecular flexibility index (Phi) is 3.79. The monoisotopic (exact) mass is 282 g/mol. The van der Waals surface area contributed by atoms with Gasteiger partial charge in [-0.3, -0.25) is 4.90 Å². The molecule has 0 amide bonds. The van der Waals surface area contributed by atoms with Gasteiger partial charge in [0.25, 0.3) is 0 Å². The highest BCUT2D eigenvalue weighted by molar-refractivity contribution is 6.30. The molecule has 0 aromatic heterocycles. The second kappa shape index (κ2) is 5.39. The summed E-state index contributed by atoms with van der Waals surface area (Å²) in [6.45, 7) is 4.41. The van der Waals surface area contributed by atoms with Crippen molar-refractivity contribution in [2.45, 2.75) is 44.3 Å². The van der Waals surface area contributed by atoms with E-state index in [1.165, 1.54) is 31.9 Å². The number of rotatable bonds is 4. The van der Waals surface area contributed by atoms with Crippen molar-refractivity contribution in [1.82, 2.24) is 10.2 Å². The van der Waals surface area contributed by atoms with E-state index in [0.717, 1.165) is 18.2 Å². The largest absolute Gasteiger partial charge is 0.306 e. The summed E-state index contributed by atoms with van der Waals surface area (Å²) in [6, 6.07) is 6.60. The van der Waals surface area contributed by atoms with Gasteiger partial charge < -0.3 is 5.32 Å². The van der Waals surface area contributed by atoms with E-state index in [2.05, 4.69) is 17.1 Å². The lowest BCUT2D eigenvalue weighted by atomic mass is 10.1. The van der Waals surface area contributed by atoms with Gasteiger partial charge in [-0.15, -0.1) is 0 Å². The standard InChI is InChI=1S/C15H20ClFN2/c1-10(11-2-5-14(16)15(17)8-11)18-12-6-7-19(9-12)13-3-4-13/h2,5,8,10,12-13,18H,3-4,6-7,9H2,1H3. The van der Waals surface area contributed by atoms with Crippen LogP contribution < -0.4 is 5.32 Å². The molecule has 104 valence electrons. The van der Waals surface area contributed by atoms with Gasteiger partial charge >= 0.3 is 0 Å². The number of benzene rings is 1. The second-order valence-electron chi connectivity index (χ2n) is 5.77. The highest BCUT2D eigenvalue weighted by Gasteiger charge is 2.34. The van der Waals surface area contributed by atoms with E-state index in [1.807, 2.05) is 6.07 Å². The maximum atomic E-state index is 13.5. The van der Waals surface area contributed by atoms with Gasteiger partial charge in [-0.2, -0.15) is 0 Å². The van der Waals surface area contributed by atoms with Crippen LogP contribution in [0.2, 0.25) is 5.02 Å². The Labute approximate surface area is 118 Å². The molecule has 0 radical (unpaired) electrons. The lowest BCUT2D eigenvalue weighted by Gasteiger charge is -2.21. The van der Waals surface area contributed by atoms with Crippen LogP contribution >= 0.6 is 11.6 Å². The second-order valence-corrected chi connectivity index (χ2v) is 6.18. The van der Waals surface area contributed by atoms with Crippen molar-refractivity contribution in [1.29, 1.82) is 0 Å². The topological polar surface area (TPSA) is 15.3 Å². The van der Waals surface area contributed by atoms with Gasteiger partial charge in [0.1, 0.15) is 5.82 Å². The number of halogens is 2. The first-order chi connectivity index (χ1) is 9.13. The lowest BCUT2D eigenvalue weighted by Crippen LogP contribution is -2.35. The Morgan fingerprint density at radius 1 is 1.37 bits per heavy atom. The van der Waals surface area contributed by atoms with E-state index in [9.17, 15) is 4.39 Å². The molecule has 4 heteroatoms. The summed E-state index contributed by atoms with van der Waals surface area (Å²) in [4.78, 5) is 2.58. The molecule has 19 heavy (non-hydrogen) atoms. The molecule has 1 saturated carbocycles. The molecule has 2 nitrogen and oxygen atoms in total. The van der Waals surface area contributed by atoms with Crippen LogP contribution in [0.5, 0.6) is 0 Å². The van der Waals surface area contributed by atoms with Crippen molar-refractivity contribution in [3.05, 3.63) is 34.6 Å². The summed E-state index contributed by atoms with van der Waals surface area (Å²) in [7, 11) is 0. The number of nitrogens with one attached hydrogen (secondary N) is 1. The van der Waals surface area contributed by atoms with E-state index in [4.69, 9.17) is 11.6 Å². The first kappa shape index (κ1) is 13.3. The van der Waals surface area contributed by atoms with Crippen LogP contribution in [-0.2, 0) is 0 Å². The molecule has 1 aromatic carbocycles. The summed E-state index contributed by atoms with van der Waals surface area (Å²) < 4.78 is 13.5. The van der Waals surface area contributed by atoms with Crippen molar-refractivity contribution in [3.63, 3.8) is 0 Å². The van der Waals surface area contributed by atoms with Crippen molar-refractivity contribution in [2.24, 2.45) is 0 Å². The Morgan fingerprint density at radius 3 is 2.84 bits per heavy atom. The first-order valence-electron chi connectivity index (χ1n) is 7.08. The summed E-state index contributed by atoms with van der Waals surface area (Å²) >= 11 is 5.71. The van der Waals surface area contributed by atoms with Crippen molar-refractivity contribution < 1.29 is 4.39 Å². The third kappa shape index (κ3) is 3.10. The van der Waals surface area contributed by atoms with Gasteiger partial charge in [0, 0.05) is 31.2 Å². The summed E-state index contributed by atoms with van der Waals surface area (Å²) in [5, 5.41) is 3.79. The predicted molar refractivity (Wildman–Crippen MR) is 76.0 cm³/mol. The van der Waals surface area contributed by atoms with E-state index >= 15 is 0 Å². The molecule has 2 unspecified atom stereocenters. The highest BCUT2D eigenvalue weighted by atomic mass is 35.5. The lowest BCUT2D eigenvalue weighted by molar-refractivity contribution is 0.313. The van der Waals surface area contributed by atoms with Crippen LogP contribution in [-0.4, -0.2) is 30.1 Å². The number of likely N-dealkylation sites (tertiary alicyclic amines) is 1. The fraction of sp³-hybridized carbons (Fsp3) is 0.600. The maximum Gasteiger partial charge on any atom is 0.142 e. The zero-order valence-corrected chi connectivity index (χ0v) is 12.0. The Morgan fingerprint density at radius 2 is 2.16 bits per heavy atom. The van der Waals surface area contributed by atoms with Gasteiger partial charge in [-0.25, -0.2) is 4.39 Å². The molecule has 3 rings (SSSR count). The van der Waals surface area contributed by atoms with Gasteiger partial charge in [-0.05, 0) is 43.9 Å². The van der Waals surface area contributed by atoms with Crippen LogP contribution in [0.3, 0.4) is 0 Å². The van der Waals surface area contributed by atoms with Crippen molar-refractivity contribution >= 4 is 11.6 Å². The van der Waals surface area contributed by atoms with Crippen molar-refractivity contribution in [2.75, 3.05) is 13.1 Å². The van der Waals surface area contributed by atoms with E-state index < -0.39 is 0 Å². The normalized spacial score (nSPS) is 25.7. The molecule has 1 aromatic rings. The minimum Gasteiger partial charge on any atom is -0.306 e. The molecule has 2 fully saturated rings. The predicted octanol–water partition coefficient (Wildman–Crippen LogP) is 3.37. The molecule has 2 aliphatic rings. The Hall–Kier alpha value is -0.640. The number of hydrogen-bond donors (Lipinski definition) is 1. The summed E-state index contributed by atoms with van der Waals surface area (Å²) in [5.74, 6) is -0.334. The Balaban J connectivity index is 1.58. The van der Waals surface area contributed by atoms with E-state index in [1.54, 1.807) is 6.07 Å². The minimum atomic E-state index is -0.334. The number of hydrogen-bond acceptors (Lipinski definition) is 2. The fourth-order valence-electron chi connectivity index (χ4n) is 2.93. The molecule has 1 heterocycles. The Bertz CT molecular complexity index is 461. The fourth-order valence-corrected chi connectivity index (χ4v) is 3.04. The first-order valence-corrected chi connectivity index (χ1v) is 7.46. The smallest absolute Gasteiger partial charge is 0.142 e. The van der Waals surface area contributed by atoms with Gasteiger partial charge in [0.05, 0.1) is 5.02 Å². The highest BCUT2D eigenvalue weighted by Crippen LogP contribution is 2.30. The quantitative estimate of drug-likeness (QED) is 0.911. The van der Waals surface area contributed by atoms with Crippen LogP contribution in [0.1, 0.15) is 37.8 Å². The summed E-state index contributed by atoms with van der Waals surface area (Å²) in [6.07, 6.45) is 3.92. The third-order valence-electron chi connectivity index (χ3n) is 4.21. The molecular weight excluding hydrogens is 263 g/mol. The maximum absolute atomic E-state index is 13.5. The average Bonchev–Trinajstić information content (AvgIpc) is 3.14. The van der Waals surface area contributed by atoms with Crippen LogP contribution in [0, 0.1) is 5.82 Å². The van der Waals surface area contributed by atoms with Crippen LogP contribution in [0.15, 0.2) is 18.2 Å². The molecule has 0 spiro atoms. The van der Waals surface area contributed by atoms with Crippen LogP contribution in [0.4, 0.5) is 4.39 Å². The molecule has 1 aliphatic heterocycles. The van der Waals surface area contributed by atoms with Gasteiger partial charge in [-0.1, -0.05) is 17.7 Å². The SMILES string of the molecule is CC(NC1CCN(C2CC2)C1)c1ccc(Cl)c(F)c1. The zero-order chi connectivity index (χ0) is 13.4. The van der Waals surface area contributed by atoms with Crippen molar-refractivity contribution in [3.8, 4) is 0 Å². The van der Waals surface area contributed by atoms with E-state index in [-0.39, 0.29) is 16.9 Å². The zero-order valence-electron chi connectivity index (χ0n) is 11.2. The van der Waals surface area contributed by atoms with Gasteiger partial charge in [0.15, 0.2) is 0 Å². The van der Waals surface area contributed by atoms with Crippen LogP contribution in [0.25, 0.3) is 0 Å². The molecule has 1 N–H and O–H groups in total. The molecular formula is C15H20ClFN2. The van der Waals surface area contributed by atoms with E-state index in [0.29, 0.717) is 6.04 Å².